The molecule has 0 aliphatic heterocycles. The second-order valence-corrected chi connectivity index (χ2v) is 11.5. The molecule has 7 aromatic carbocycles. The van der Waals surface area contributed by atoms with Crippen molar-refractivity contribution in [3.8, 4) is 39.1 Å². The summed E-state index contributed by atoms with van der Waals surface area (Å²) in [7, 11) is 0. The number of aromatic nitrogens is 3. The maximum absolute atomic E-state index is 5.20. The van der Waals surface area contributed by atoms with Crippen molar-refractivity contribution in [3.05, 3.63) is 164 Å². The van der Waals surface area contributed by atoms with E-state index in [9.17, 15) is 0 Å². The van der Waals surface area contributed by atoms with Gasteiger partial charge in [-0.1, -0.05) is 109 Å². The lowest BCUT2D eigenvalue weighted by atomic mass is 9.93. The Morgan fingerprint density at radius 3 is 1.64 bits per heavy atom. The van der Waals surface area contributed by atoms with E-state index in [2.05, 4.69) is 144 Å². The lowest BCUT2D eigenvalue weighted by molar-refractivity contribution is 1.14. The van der Waals surface area contributed by atoms with Crippen molar-refractivity contribution in [2.24, 2.45) is 0 Å². The smallest absolute Gasteiger partial charge is 0.165 e. The van der Waals surface area contributed by atoms with Gasteiger partial charge < -0.3 is 0 Å². The molecule has 0 aliphatic rings. The van der Waals surface area contributed by atoms with E-state index in [0.717, 1.165) is 49.9 Å². The summed E-state index contributed by atoms with van der Waals surface area (Å²) >= 11 is 0. The number of rotatable bonds is 4. The van der Waals surface area contributed by atoms with Crippen LogP contribution in [-0.4, -0.2) is 14.5 Å². The van der Waals surface area contributed by atoms with Crippen molar-refractivity contribution in [1.29, 1.82) is 0 Å². The second kappa shape index (κ2) is 10.3. The molecule has 0 atom stereocenters. The fourth-order valence-corrected chi connectivity index (χ4v) is 6.51. The Labute approximate surface area is 260 Å². The molecule has 210 valence electrons. The zero-order valence-corrected chi connectivity index (χ0v) is 24.4. The number of benzene rings is 7. The fourth-order valence-electron chi connectivity index (χ4n) is 6.51. The summed E-state index contributed by atoms with van der Waals surface area (Å²) in [5.41, 5.74) is 12.8. The number of hydrogen-bond acceptors (Lipinski definition) is 2. The maximum atomic E-state index is 5.20. The SMILES string of the molecule is c1ccc(-c2cc(-c3ccccc3)cc(-c3ccc4c(c3)c3nc5ccccc5nc3n4-c3ccc4ccccc4c3)c2)cc1. The molecular weight excluding hydrogens is 546 g/mol. The van der Waals surface area contributed by atoms with Gasteiger partial charge in [0.25, 0.3) is 0 Å². The van der Waals surface area contributed by atoms with Crippen LogP contribution in [-0.2, 0) is 0 Å². The summed E-state index contributed by atoms with van der Waals surface area (Å²) < 4.78 is 2.26. The van der Waals surface area contributed by atoms with Crippen molar-refractivity contribution in [2.45, 2.75) is 0 Å². The van der Waals surface area contributed by atoms with Gasteiger partial charge in [-0.25, -0.2) is 9.97 Å². The van der Waals surface area contributed by atoms with Crippen LogP contribution in [0.25, 0.3) is 82.9 Å². The highest BCUT2D eigenvalue weighted by atomic mass is 15.1. The minimum absolute atomic E-state index is 0.860. The van der Waals surface area contributed by atoms with Crippen LogP contribution in [0.1, 0.15) is 0 Å². The molecule has 0 radical (unpaired) electrons. The number of nitrogens with zero attached hydrogens (tertiary/aromatic N) is 3. The Kier molecular flexibility index (Phi) is 5.82. The maximum Gasteiger partial charge on any atom is 0.165 e. The average Bonchev–Trinajstić information content (AvgIpc) is 3.43. The van der Waals surface area contributed by atoms with Crippen LogP contribution in [0.2, 0.25) is 0 Å². The lowest BCUT2D eigenvalue weighted by Gasteiger charge is -2.12. The van der Waals surface area contributed by atoms with Gasteiger partial charge in [0.05, 0.1) is 16.6 Å². The third-order valence-electron chi connectivity index (χ3n) is 8.73. The molecule has 0 fully saturated rings. The molecule has 2 aromatic heterocycles. The summed E-state index contributed by atoms with van der Waals surface area (Å²) in [6.07, 6.45) is 0. The van der Waals surface area contributed by atoms with Gasteiger partial charge in [-0.15, -0.1) is 0 Å². The average molecular weight is 574 g/mol. The highest BCUT2D eigenvalue weighted by Crippen LogP contribution is 2.37. The topological polar surface area (TPSA) is 30.7 Å². The molecule has 9 aromatic rings. The summed E-state index contributed by atoms with van der Waals surface area (Å²) in [6.45, 7) is 0. The Hall–Kier alpha value is -6.06. The van der Waals surface area contributed by atoms with Crippen LogP contribution in [0, 0.1) is 0 Å². The van der Waals surface area contributed by atoms with Gasteiger partial charge in [0.1, 0.15) is 5.52 Å². The van der Waals surface area contributed by atoms with Crippen molar-refractivity contribution in [1.82, 2.24) is 14.5 Å². The molecule has 0 spiro atoms. The Balaban J connectivity index is 1.31. The first-order valence-corrected chi connectivity index (χ1v) is 15.2. The predicted molar refractivity (Wildman–Crippen MR) is 188 cm³/mol. The van der Waals surface area contributed by atoms with Gasteiger partial charge in [-0.2, -0.15) is 0 Å². The highest BCUT2D eigenvalue weighted by Gasteiger charge is 2.18. The first kappa shape index (κ1) is 25.4. The molecule has 0 saturated carbocycles. The molecule has 3 nitrogen and oxygen atoms in total. The lowest BCUT2D eigenvalue weighted by Crippen LogP contribution is -1.96. The van der Waals surface area contributed by atoms with Crippen LogP contribution < -0.4 is 0 Å². The van der Waals surface area contributed by atoms with Crippen molar-refractivity contribution in [2.75, 3.05) is 0 Å². The molecule has 45 heavy (non-hydrogen) atoms. The van der Waals surface area contributed by atoms with Gasteiger partial charge in [-0.05, 0) is 98.8 Å². The second-order valence-electron chi connectivity index (χ2n) is 11.5. The molecule has 2 heterocycles. The molecule has 3 heteroatoms. The fraction of sp³-hybridized carbons (Fsp3) is 0. The number of fused-ring (bicyclic) bond motifs is 5. The van der Waals surface area contributed by atoms with E-state index in [-0.39, 0.29) is 0 Å². The van der Waals surface area contributed by atoms with E-state index in [1.165, 1.54) is 33.0 Å². The predicted octanol–water partition coefficient (Wildman–Crippen LogP) is 10.9. The minimum atomic E-state index is 0.860. The van der Waals surface area contributed by atoms with Crippen LogP contribution in [0.4, 0.5) is 0 Å². The summed E-state index contributed by atoms with van der Waals surface area (Å²) in [5, 5.41) is 3.50. The van der Waals surface area contributed by atoms with Gasteiger partial charge in [0.15, 0.2) is 5.65 Å². The van der Waals surface area contributed by atoms with Crippen LogP contribution in [0.3, 0.4) is 0 Å². The van der Waals surface area contributed by atoms with E-state index in [1.54, 1.807) is 0 Å². The molecule has 0 unspecified atom stereocenters. The van der Waals surface area contributed by atoms with E-state index in [4.69, 9.17) is 9.97 Å². The molecular formula is C42H27N3. The van der Waals surface area contributed by atoms with Gasteiger partial charge >= 0.3 is 0 Å². The molecule has 0 aliphatic carbocycles. The van der Waals surface area contributed by atoms with E-state index < -0.39 is 0 Å². The summed E-state index contributed by atoms with van der Waals surface area (Å²) in [5.74, 6) is 0. The Bertz CT molecular complexity index is 2470. The Morgan fingerprint density at radius 1 is 0.378 bits per heavy atom. The zero-order valence-electron chi connectivity index (χ0n) is 24.4. The molecule has 0 bridgehead atoms. The quantitative estimate of drug-likeness (QED) is 0.210. The van der Waals surface area contributed by atoms with E-state index in [1.807, 2.05) is 24.3 Å². The largest absolute Gasteiger partial charge is 0.293 e. The van der Waals surface area contributed by atoms with Crippen LogP contribution >= 0.6 is 0 Å². The van der Waals surface area contributed by atoms with E-state index >= 15 is 0 Å². The van der Waals surface area contributed by atoms with Crippen molar-refractivity contribution < 1.29 is 0 Å². The molecule has 0 saturated heterocycles. The summed E-state index contributed by atoms with van der Waals surface area (Å²) in [4.78, 5) is 10.4. The minimum Gasteiger partial charge on any atom is -0.293 e. The Morgan fingerprint density at radius 2 is 0.956 bits per heavy atom. The first-order valence-electron chi connectivity index (χ1n) is 15.2. The highest BCUT2D eigenvalue weighted by molar-refractivity contribution is 6.09. The van der Waals surface area contributed by atoms with Gasteiger partial charge in [-0.3, -0.25) is 4.57 Å². The standard InChI is InChI=1S/C42H27N3/c1-3-11-28(12-4-1)33-23-34(29-13-5-2-6-14-29)25-35(24-33)32-20-22-40-37(27-32)41-42(44-39-18-10-9-17-38(39)43-41)45(40)36-21-19-30-15-7-8-16-31(30)26-36/h1-27H. The number of hydrogen-bond donors (Lipinski definition) is 0. The normalized spacial score (nSPS) is 11.6. The molecule has 0 N–H and O–H groups in total. The van der Waals surface area contributed by atoms with Crippen molar-refractivity contribution >= 4 is 43.9 Å². The third-order valence-corrected chi connectivity index (χ3v) is 8.73. The van der Waals surface area contributed by atoms with Crippen LogP contribution in [0.15, 0.2) is 164 Å². The monoisotopic (exact) mass is 573 g/mol. The van der Waals surface area contributed by atoms with Gasteiger partial charge in [0.2, 0.25) is 0 Å². The van der Waals surface area contributed by atoms with Gasteiger partial charge in [0, 0.05) is 11.1 Å². The zero-order chi connectivity index (χ0) is 29.7. The molecule has 0 amide bonds. The number of para-hydroxylation sites is 2. The first-order chi connectivity index (χ1) is 22.3. The van der Waals surface area contributed by atoms with Crippen molar-refractivity contribution in [3.63, 3.8) is 0 Å². The third kappa shape index (κ3) is 4.37. The van der Waals surface area contributed by atoms with E-state index in [0.29, 0.717) is 0 Å². The molecule has 9 rings (SSSR count). The van der Waals surface area contributed by atoms with Crippen LogP contribution in [0.5, 0.6) is 0 Å². The summed E-state index contributed by atoms with van der Waals surface area (Å²) in [6, 6.07) is 58.1.